The summed E-state index contributed by atoms with van der Waals surface area (Å²) < 4.78 is 0. The van der Waals surface area contributed by atoms with Gasteiger partial charge in [0.05, 0.1) is 0 Å². The van der Waals surface area contributed by atoms with Gasteiger partial charge in [-0.15, -0.1) is 0 Å². The molecule has 1 aromatic rings. The molecule has 1 unspecified atom stereocenters. The van der Waals surface area contributed by atoms with Crippen LogP contribution < -0.4 is 10.2 Å². The summed E-state index contributed by atoms with van der Waals surface area (Å²) in [6.45, 7) is 0.576. The van der Waals surface area contributed by atoms with Crippen molar-refractivity contribution in [1.82, 2.24) is 10.2 Å². The number of anilines is 1. The van der Waals surface area contributed by atoms with Gasteiger partial charge in [0.25, 0.3) is 0 Å². The van der Waals surface area contributed by atoms with E-state index in [9.17, 15) is 9.59 Å². The fraction of sp³-hybridized carbons (Fsp3) is 0.467. The van der Waals surface area contributed by atoms with Gasteiger partial charge in [0, 0.05) is 52.3 Å². The van der Waals surface area contributed by atoms with Crippen LogP contribution in [0.3, 0.4) is 0 Å². The van der Waals surface area contributed by atoms with E-state index in [2.05, 4.69) is 5.32 Å². The van der Waals surface area contributed by atoms with Crippen LogP contribution in [0.5, 0.6) is 0 Å². The van der Waals surface area contributed by atoms with Crippen molar-refractivity contribution in [3.8, 4) is 0 Å². The summed E-state index contributed by atoms with van der Waals surface area (Å²) in [5, 5.41) is 3.32. The molecule has 0 fully saturated rings. The van der Waals surface area contributed by atoms with E-state index in [-0.39, 0.29) is 17.9 Å². The summed E-state index contributed by atoms with van der Waals surface area (Å²) in [5.41, 5.74) is 2.06. The van der Waals surface area contributed by atoms with Gasteiger partial charge in [-0.25, -0.2) is 0 Å². The Morgan fingerprint density at radius 3 is 2.80 bits per heavy atom. The first-order chi connectivity index (χ1) is 9.50. The normalized spacial score (nSPS) is 17.9. The minimum Gasteiger partial charge on any atom is -0.349 e. The number of fused-ring (bicyclic) bond motifs is 1. The largest absolute Gasteiger partial charge is 0.349 e. The molecule has 1 heterocycles. The van der Waals surface area contributed by atoms with Gasteiger partial charge < -0.3 is 15.1 Å². The number of para-hydroxylation sites is 1. The number of rotatable bonds is 4. The van der Waals surface area contributed by atoms with Gasteiger partial charge in [-0.1, -0.05) is 18.2 Å². The SMILES string of the molecule is CN(C)C(=O)CCNC1CC(=O)N(C)c2ccccc21. The molecule has 0 radical (unpaired) electrons. The van der Waals surface area contributed by atoms with E-state index >= 15 is 0 Å². The summed E-state index contributed by atoms with van der Waals surface area (Å²) in [6.07, 6.45) is 0.874. The standard InChI is InChI=1S/C15H21N3O2/c1-17(2)14(19)8-9-16-12-10-15(20)18(3)13-7-5-4-6-11(12)13/h4-7,12,16H,8-10H2,1-3H3. The topological polar surface area (TPSA) is 52.7 Å². The molecular formula is C15H21N3O2. The van der Waals surface area contributed by atoms with E-state index in [4.69, 9.17) is 0 Å². The van der Waals surface area contributed by atoms with Crippen LogP contribution >= 0.6 is 0 Å². The lowest BCUT2D eigenvalue weighted by Crippen LogP contribution is -2.38. The Bertz CT molecular complexity index is 514. The zero-order valence-electron chi connectivity index (χ0n) is 12.2. The average molecular weight is 275 g/mol. The van der Waals surface area contributed by atoms with Crippen molar-refractivity contribution >= 4 is 17.5 Å². The molecule has 1 aliphatic heterocycles. The number of benzene rings is 1. The lowest BCUT2D eigenvalue weighted by Gasteiger charge is -2.32. The van der Waals surface area contributed by atoms with Crippen LogP contribution in [0.2, 0.25) is 0 Å². The summed E-state index contributed by atoms with van der Waals surface area (Å²) in [4.78, 5) is 26.8. The summed E-state index contributed by atoms with van der Waals surface area (Å²) in [6, 6.07) is 7.88. The fourth-order valence-electron chi connectivity index (χ4n) is 2.40. The van der Waals surface area contributed by atoms with Crippen molar-refractivity contribution in [3.63, 3.8) is 0 Å². The molecule has 0 spiro atoms. The molecule has 0 aliphatic carbocycles. The summed E-state index contributed by atoms with van der Waals surface area (Å²) in [7, 11) is 5.29. The van der Waals surface area contributed by atoms with E-state index in [1.807, 2.05) is 24.3 Å². The smallest absolute Gasteiger partial charge is 0.228 e. The number of hydrogen-bond donors (Lipinski definition) is 1. The Morgan fingerprint density at radius 2 is 2.10 bits per heavy atom. The van der Waals surface area contributed by atoms with E-state index in [1.165, 1.54) is 0 Å². The third-order valence-electron chi connectivity index (χ3n) is 3.65. The Labute approximate surface area is 119 Å². The molecule has 0 saturated carbocycles. The van der Waals surface area contributed by atoms with Crippen LogP contribution in [-0.4, -0.2) is 44.4 Å². The van der Waals surface area contributed by atoms with Crippen LogP contribution in [0.15, 0.2) is 24.3 Å². The second-order valence-electron chi connectivity index (χ2n) is 5.26. The Hall–Kier alpha value is -1.88. The summed E-state index contributed by atoms with van der Waals surface area (Å²) >= 11 is 0. The molecule has 2 amide bonds. The Kier molecular flexibility index (Phi) is 4.39. The molecule has 0 aromatic heterocycles. The molecule has 108 valence electrons. The van der Waals surface area contributed by atoms with Crippen LogP contribution in [0, 0.1) is 0 Å². The van der Waals surface area contributed by atoms with Gasteiger partial charge in [0.15, 0.2) is 0 Å². The van der Waals surface area contributed by atoms with E-state index in [0.717, 1.165) is 11.3 Å². The van der Waals surface area contributed by atoms with Gasteiger partial charge in [0.2, 0.25) is 11.8 Å². The average Bonchev–Trinajstić information content (AvgIpc) is 2.44. The molecular weight excluding hydrogens is 254 g/mol. The zero-order chi connectivity index (χ0) is 14.7. The predicted octanol–water partition coefficient (Wildman–Crippen LogP) is 1.16. The molecule has 0 bridgehead atoms. The lowest BCUT2D eigenvalue weighted by molar-refractivity contribution is -0.128. The third-order valence-corrected chi connectivity index (χ3v) is 3.65. The minimum absolute atomic E-state index is 0.00939. The molecule has 1 atom stereocenters. The lowest BCUT2D eigenvalue weighted by atomic mass is 9.96. The maximum atomic E-state index is 12.0. The zero-order valence-corrected chi connectivity index (χ0v) is 12.2. The highest BCUT2D eigenvalue weighted by Gasteiger charge is 2.28. The maximum Gasteiger partial charge on any atom is 0.228 e. The molecule has 5 nitrogen and oxygen atoms in total. The highest BCUT2D eigenvalue weighted by molar-refractivity contribution is 5.96. The van der Waals surface area contributed by atoms with Crippen LogP contribution in [-0.2, 0) is 9.59 Å². The molecule has 0 saturated heterocycles. The highest BCUT2D eigenvalue weighted by Crippen LogP contribution is 2.33. The number of nitrogens with zero attached hydrogens (tertiary/aromatic N) is 2. The van der Waals surface area contributed by atoms with Crippen molar-refractivity contribution in [2.45, 2.75) is 18.9 Å². The fourth-order valence-corrected chi connectivity index (χ4v) is 2.40. The first-order valence-electron chi connectivity index (χ1n) is 6.79. The first kappa shape index (κ1) is 14.5. The molecule has 2 rings (SSSR count). The number of carbonyl (C=O) groups is 2. The molecule has 20 heavy (non-hydrogen) atoms. The second kappa shape index (κ2) is 6.05. The number of nitrogens with one attached hydrogen (secondary N) is 1. The van der Waals surface area contributed by atoms with Crippen molar-refractivity contribution in [2.24, 2.45) is 0 Å². The van der Waals surface area contributed by atoms with Gasteiger partial charge in [-0.3, -0.25) is 9.59 Å². The van der Waals surface area contributed by atoms with Crippen molar-refractivity contribution < 1.29 is 9.59 Å². The van der Waals surface area contributed by atoms with E-state index < -0.39 is 0 Å². The first-order valence-corrected chi connectivity index (χ1v) is 6.79. The number of carbonyl (C=O) groups excluding carboxylic acids is 2. The minimum atomic E-state index is -0.00939. The molecule has 5 heteroatoms. The molecule has 1 aromatic carbocycles. The molecule has 1 aliphatic rings. The van der Waals surface area contributed by atoms with Gasteiger partial charge in [-0.2, -0.15) is 0 Å². The van der Waals surface area contributed by atoms with Crippen molar-refractivity contribution in [2.75, 3.05) is 32.6 Å². The van der Waals surface area contributed by atoms with Gasteiger partial charge in [-0.05, 0) is 11.6 Å². The predicted molar refractivity (Wildman–Crippen MR) is 78.5 cm³/mol. The molecule has 1 N–H and O–H groups in total. The van der Waals surface area contributed by atoms with Crippen molar-refractivity contribution in [3.05, 3.63) is 29.8 Å². The van der Waals surface area contributed by atoms with Crippen molar-refractivity contribution in [1.29, 1.82) is 0 Å². The number of amides is 2. The van der Waals surface area contributed by atoms with Gasteiger partial charge in [0.1, 0.15) is 0 Å². The Morgan fingerprint density at radius 1 is 1.40 bits per heavy atom. The third kappa shape index (κ3) is 2.99. The summed E-state index contributed by atoms with van der Waals surface area (Å²) in [5.74, 6) is 0.185. The highest BCUT2D eigenvalue weighted by atomic mass is 16.2. The monoisotopic (exact) mass is 275 g/mol. The quantitative estimate of drug-likeness (QED) is 0.897. The van der Waals surface area contributed by atoms with Gasteiger partial charge >= 0.3 is 0 Å². The van der Waals surface area contributed by atoms with E-state index in [0.29, 0.717) is 19.4 Å². The van der Waals surface area contributed by atoms with Crippen LogP contribution in [0.1, 0.15) is 24.4 Å². The maximum absolute atomic E-state index is 12.0. The van der Waals surface area contributed by atoms with E-state index in [1.54, 1.807) is 30.9 Å². The number of hydrogen-bond acceptors (Lipinski definition) is 3. The van der Waals surface area contributed by atoms with Crippen LogP contribution in [0.25, 0.3) is 0 Å². The van der Waals surface area contributed by atoms with Crippen LogP contribution in [0.4, 0.5) is 5.69 Å². The second-order valence-corrected chi connectivity index (χ2v) is 5.26. The Balaban J connectivity index is 2.04.